The van der Waals surface area contributed by atoms with Crippen molar-refractivity contribution in [3.8, 4) is 0 Å². The van der Waals surface area contributed by atoms with Gasteiger partial charge >= 0.3 is 23.9 Å². The van der Waals surface area contributed by atoms with E-state index in [9.17, 15) is 19.2 Å². The first-order valence-electron chi connectivity index (χ1n) is 11.0. The topological polar surface area (TPSA) is 127 Å². The lowest BCUT2D eigenvalue weighted by Crippen LogP contribution is -2.43. The molecular weight excluding hydrogens is 420 g/mol. The van der Waals surface area contributed by atoms with Gasteiger partial charge in [0.25, 0.3) is 0 Å². The molecule has 32 heavy (non-hydrogen) atoms. The lowest BCUT2D eigenvalue weighted by atomic mass is 10.1. The van der Waals surface area contributed by atoms with E-state index in [2.05, 4.69) is 0 Å². The molecule has 0 saturated heterocycles. The maximum atomic E-state index is 12.0. The molecule has 0 spiro atoms. The summed E-state index contributed by atoms with van der Waals surface area (Å²) >= 11 is 0. The van der Waals surface area contributed by atoms with Crippen LogP contribution in [0, 0.1) is 0 Å². The number of carboxylic acid groups (broad SMARTS) is 2. The van der Waals surface area contributed by atoms with Crippen molar-refractivity contribution in [3.63, 3.8) is 0 Å². The summed E-state index contributed by atoms with van der Waals surface area (Å²) in [6.45, 7) is 0.828. The number of nitrogens with zero attached hydrogens (tertiary/aromatic N) is 2. The van der Waals surface area contributed by atoms with E-state index in [0.717, 1.165) is 12.8 Å². The predicted molar refractivity (Wildman–Crippen MR) is 118 cm³/mol. The first-order chi connectivity index (χ1) is 14.6. The molecule has 0 amide bonds. The second-order valence-electron chi connectivity index (χ2n) is 10.3. The maximum Gasteiger partial charge on any atom is 0.307 e. The Kier molecular flexibility index (Phi) is 13.1. The third kappa shape index (κ3) is 18.6. The van der Waals surface area contributed by atoms with Crippen molar-refractivity contribution in [3.05, 3.63) is 0 Å². The molecule has 2 atom stereocenters. The molecule has 0 bridgehead atoms. The number of esters is 2. The van der Waals surface area contributed by atoms with Gasteiger partial charge in [0.2, 0.25) is 0 Å². The van der Waals surface area contributed by atoms with Gasteiger partial charge in [-0.2, -0.15) is 0 Å². The highest BCUT2D eigenvalue weighted by molar-refractivity contribution is 5.72. The molecule has 0 aromatic heterocycles. The van der Waals surface area contributed by atoms with Crippen molar-refractivity contribution in [1.29, 1.82) is 0 Å². The Hall–Kier alpha value is -2.20. The van der Waals surface area contributed by atoms with Crippen molar-refractivity contribution in [2.24, 2.45) is 0 Å². The standard InChI is InChI=1S/C22H40N2O8/c1-23(2,3)15-17(13-19(25)26)31-21(29)11-9-7-8-10-12-22(30)32-18(14-20(27)28)16-24(4,5)6/h17-18H,7-16H2,1-6H3/p+2. The normalized spacial score (nSPS) is 13.8. The first-order valence-corrected chi connectivity index (χ1v) is 11.0. The van der Waals surface area contributed by atoms with E-state index in [-0.39, 0.29) is 25.7 Å². The molecule has 0 aliphatic heterocycles. The fourth-order valence-electron chi connectivity index (χ4n) is 3.28. The molecule has 0 aromatic carbocycles. The average molecular weight is 463 g/mol. The van der Waals surface area contributed by atoms with E-state index in [1.165, 1.54) is 0 Å². The highest BCUT2D eigenvalue weighted by atomic mass is 16.5. The second kappa shape index (κ2) is 14.1. The zero-order chi connectivity index (χ0) is 24.9. The number of rotatable bonds is 17. The van der Waals surface area contributed by atoms with Crippen LogP contribution in [0.25, 0.3) is 0 Å². The predicted octanol–water partition coefficient (Wildman–Crippen LogP) is 1.51. The van der Waals surface area contributed by atoms with Gasteiger partial charge in [-0.25, -0.2) is 0 Å². The summed E-state index contributed by atoms with van der Waals surface area (Å²) < 4.78 is 11.7. The fraction of sp³-hybridized carbons (Fsp3) is 0.818. The van der Waals surface area contributed by atoms with Crippen LogP contribution in [0.3, 0.4) is 0 Å². The Balaban J connectivity index is 4.20. The van der Waals surface area contributed by atoms with Crippen molar-refractivity contribution in [1.82, 2.24) is 0 Å². The van der Waals surface area contributed by atoms with E-state index in [1.54, 1.807) is 0 Å². The number of likely N-dealkylation sites (N-methyl/N-ethyl adjacent to an activating group) is 2. The lowest BCUT2D eigenvalue weighted by Gasteiger charge is -2.28. The van der Waals surface area contributed by atoms with Crippen LogP contribution in [0.15, 0.2) is 0 Å². The highest BCUT2D eigenvalue weighted by Gasteiger charge is 2.25. The number of carbonyl (C=O) groups is 4. The van der Waals surface area contributed by atoms with E-state index in [0.29, 0.717) is 34.9 Å². The molecule has 0 saturated carbocycles. The van der Waals surface area contributed by atoms with Gasteiger partial charge in [0.1, 0.15) is 13.1 Å². The van der Waals surface area contributed by atoms with Crippen LogP contribution >= 0.6 is 0 Å². The van der Waals surface area contributed by atoms with Gasteiger partial charge in [-0.1, -0.05) is 12.8 Å². The molecule has 0 aliphatic carbocycles. The van der Waals surface area contributed by atoms with Crippen molar-refractivity contribution in [2.75, 3.05) is 55.4 Å². The minimum absolute atomic E-state index is 0.196. The van der Waals surface area contributed by atoms with Gasteiger partial charge < -0.3 is 28.7 Å². The molecule has 2 N–H and O–H groups in total. The summed E-state index contributed by atoms with van der Waals surface area (Å²) in [5.41, 5.74) is 0. The molecule has 10 heteroatoms. The van der Waals surface area contributed by atoms with Gasteiger partial charge in [0.15, 0.2) is 12.2 Å². The summed E-state index contributed by atoms with van der Waals surface area (Å²) in [6.07, 6.45) is 1.23. The minimum atomic E-state index is -1.00. The lowest BCUT2D eigenvalue weighted by molar-refractivity contribution is -0.873. The molecule has 0 heterocycles. The van der Waals surface area contributed by atoms with Crippen LogP contribution in [0.2, 0.25) is 0 Å². The third-order valence-corrected chi connectivity index (χ3v) is 4.42. The van der Waals surface area contributed by atoms with E-state index in [1.807, 2.05) is 42.3 Å². The summed E-state index contributed by atoms with van der Waals surface area (Å²) in [5.74, 6) is -2.84. The van der Waals surface area contributed by atoms with Gasteiger partial charge in [-0.15, -0.1) is 0 Å². The summed E-state index contributed by atoms with van der Waals surface area (Å²) in [6, 6.07) is 0. The largest absolute Gasteiger partial charge is 0.481 e. The summed E-state index contributed by atoms with van der Waals surface area (Å²) in [5, 5.41) is 18.0. The van der Waals surface area contributed by atoms with Crippen LogP contribution in [0.5, 0.6) is 0 Å². The van der Waals surface area contributed by atoms with Crippen LogP contribution in [-0.2, 0) is 28.7 Å². The van der Waals surface area contributed by atoms with Crippen LogP contribution in [0.4, 0.5) is 0 Å². The van der Waals surface area contributed by atoms with Gasteiger partial charge in [0, 0.05) is 12.8 Å². The van der Waals surface area contributed by atoms with Crippen LogP contribution in [-0.4, -0.2) is 111 Å². The molecule has 2 unspecified atom stereocenters. The summed E-state index contributed by atoms with van der Waals surface area (Å²) in [7, 11) is 11.4. The molecule has 0 radical (unpaired) electrons. The number of hydrogen-bond acceptors (Lipinski definition) is 6. The van der Waals surface area contributed by atoms with Gasteiger partial charge in [-0.05, 0) is 12.8 Å². The Morgan fingerprint density at radius 1 is 0.625 bits per heavy atom. The number of unbranched alkanes of at least 4 members (excludes halogenated alkanes) is 3. The van der Waals surface area contributed by atoms with E-state index in [4.69, 9.17) is 19.7 Å². The fourth-order valence-corrected chi connectivity index (χ4v) is 3.28. The number of carbonyl (C=O) groups excluding carboxylic acids is 2. The first kappa shape index (κ1) is 29.8. The van der Waals surface area contributed by atoms with Crippen LogP contribution < -0.4 is 0 Å². The smallest absolute Gasteiger partial charge is 0.307 e. The van der Waals surface area contributed by atoms with Gasteiger partial charge in [-0.3, -0.25) is 19.2 Å². The summed E-state index contributed by atoms with van der Waals surface area (Å²) in [4.78, 5) is 46.1. The molecular formula is C22H42N2O8+2. The Labute approximate surface area is 191 Å². The zero-order valence-electron chi connectivity index (χ0n) is 20.5. The number of ether oxygens (including phenoxy) is 2. The molecule has 10 nitrogen and oxygen atoms in total. The SMILES string of the molecule is C[N+](C)(C)CC(CC(=O)O)OC(=O)CCCCCCC(=O)OC(CC(=O)O)C[N+](C)(C)C. The molecule has 186 valence electrons. The molecule has 0 aliphatic rings. The Morgan fingerprint density at radius 2 is 0.938 bits per heavy atom. The second-order valence-corrected chi connectivity index (χ2v) is 10.3. The Morgan fingerprint density at radius 3 is 1.19 bits per heavy atom. The Bertz CT molecular complexity index is 568. The van der Waals surface area contributed by atoms with Crippen molar-refractivity contribution < 1.29 is 47.8 Å². The molecule has 0 fully saturated rings. The minimum Gasteiger partial charge on any atom is -0.481 e. The monoisotopic (exact) mass is 462 g/mol. The highest BCUT2D eigenvalue weighted by Crippen LogP contribution is 2.12. The quantitative estimate of drug-likeness (QED) is 0.189. The number of aliphatic carboxylic acids is 2. The number of quaternary nitrogens is 2. The van der Waals surface area contributed by atoms with E-state index < -0.39 is 36.1 Å². The third-order valence-electron chi connectivity index (χ3n) is 4.42. The maximum absolute atomic E-state index is 12.0. The van der Waals surface area contributed by atoms with Crippen molar-refractivity contribution >= 4 is 23.9 Å². The van der Waals surface area contributed by atoms with Crippen LogP contribution in [0.1, 0.15) is 51.4 Å². The van der Waals surface area contributed by atoms with E-state index >= 15 is 0 Å². The molecule has 0 aromatic rings. The van der Waals surface area contributed by atoms with Crippen molar-refractivity contribution in [2.45, 2.75) is 63.6 Å². The zero-order valence-corrected chi connectivity index (χ0v) is 20.5. The number of carboxylic acids is 2. The van der Waals surface area contributed by atoms with Gasteiger partial charge in [0.05, 0.1) is 55.1 Å². The average Bonchev–Trinajstić information content (AvgIpc) is 2.53. The number of hydrogen-bond donors (Lipinski definition) is 2. The molecule has 0 rings (SSSR count).